The lowest BCUT2D eigenvalue weighted by Crippen LogP contribution is -2.10. The molecule has 2 N–H and O–H groups in total. The highest BCUT2D eigenvalue weighted by Gasteiger charge is 2.17. The van der Waals surface area contributed by atoms with E-state index in [-0.39, 0.29) is 0 Å². The molecule has 0 aliphatic heterocycles. The van der Waals surface area contributed by atoms with Crippen LogP contribution in [0, 0.1) is 5.92 Å². The highest BCUT2D eigenvalue weighted by Crippen LogP contribution is 2.32. The van der Waals surface area contributed by atoms with Gasteiger partial charge in [0, 0.05) is 24.0 Å². The Morgan fingerprint density at radius 1 is 1.00 bits per heavy atom. The van der Waals surface area contributed by atoms with E-state index in [2.05, 4.69) is 53.5 Å². The van der Waals surface area contributed by atoms with Crippen molar-refractivity contribution in [3.05, 3.63) is 84.2 Å². The van der Waals surface area contributed by atoms with E-state index in [4.69, 9.17) is 10.2 Å². The van der Waals surface area contributed by atoms with Gasteiger partial charge in [0.25, 0.3) is 0 Å². The van der Waals surface area contributed by atoms with Crippen LogP contribution in [0.5, 0.6) is 0 Å². The van der Waals surface area contributed by atoms with Crippen molar-refractivity contribution >= 4 is 17.5 Å². The van der Waals surface area contributed by atoms with Gasteiger partial charge in [0.05, 0.1) is 0 Å². The largest absolute Gasteiger partial charge is 0.478 e. The molecule has 1 heterocycles. The molecule has 0 radical (unpaired) electrons. The van der Waals surface area contributed by atoms with Crippen LogP contribution in [-0.4, -0.2) is 27.1 Å². The number of rotatable bonds is 5. The summed E-state index contributed by atoms with van der Waals surface area (Å²) in [4.78, 5) is 23.6. The third-order valence-electron chi connectivity index (χ3n) is 4.21. The van der Waals surface area contributed by atoms with Crippen LogP contribution in [0.2, 0.25) is 0 Å². The van der Waals surface area contributed by atoms with Gasteiger partial charge < -0.3 is 10.2 Å². The van der Waals surface area contributed by atoms with Gasteiger partial charge in [-0.2, -0.15) is 0 Å². The van der Waals surface area contributed by atoms with E-state index < -0.39 is 11.9 Å². The Labute approximate surface area is 158 Å². The fourth-order valence-corrected chi connectivity index (χ4v) is 3.01. The number of hydrogen-bond donors (Lipinski definition) is 2. The van der Waals surface area contributed by atoms with Crippen LogP contribution < -0.4 is 0 Å². The number of carboxylic acids is 2. The third kappa shape index (κ3) is 7.69. The van der Waals surface area contributed by atoms with Crippen molar-refractivity contribution in [1.29, 1.82) is 0 Å². The van der Waals surface area contributed by atoms with Crippen molar-refractivity contribution in [3.8, 4) is 0 Å². The monoisotopic (exact) mass is 365 g/mol. The number of nitrogens with zero attached hydrogens (tertiary/aromatic N) is 1. The van der Waals surface area contributed by atoms with Gasteiger partial charge in [0.2, 0.25) is 0 Å². The normalized spacial score (nSPS) is 16.1. The number of carbonyl (C=O) groups is 2. The minimum atomic E-state index is -1.26. The maximum atomic E-state index is 9.55. The number of aromatic nitrogens is 1. The first kappa shape index (κ1) is 20.1. The Hall–Kier alpha value is -3.21. The number of allylic oxidation sites excluding steroid dienone is 2. The van der Waals surface area contributed by atoms with Gasteiger partial charge in [0.1, 0.15) is 0 Å². The Kier molecular flexibility index (Phi) is 7.97. The number of benzene rings is 1. The minimum absolute atomic E-state index is 0.558. The summed E-state index contributed by atoms with van der Waals surface area (Å²) in [5.41, 5.74) is 4.11. The van der Waals surface area contributed by atoms with Crippen molar-refractivity contribution in [2.24, 2.45) is 5.92 Å². The molecule has 0 saturated carbocycles. The van der Waals surface area contributed by atoms with Gasteiger partial charge in [-0.25, -0.2) is 9.59 Å². The standard InChI is InChI=1S/C18H19N.C4H4O4/c1-2-8-16(9-3-1)17-10-6-7-15(13-17)14-18-11-4-5-12-19-18;5-3(6)1-2-4(7)8/h1-5,8-12,15H,6-7,13-14H2;1-2H,(H,5,6)(H,7,8)/b;2-1-. The van der Waals surface area contributed by atoms with Gasteiger partial charge >= 0.3 is 11.9 Å². The average Bonchev–Trinajstić information content (AvgIpc) is 2.69. The quantitative estimate of drug-likeness (QED) is 0.775. The number of aliphatic carboxylic acids is 2. The molecule has 5 heteroatoms. The first-order valence-corrected chi connectivity index (χ1v) is 8.83. The van der Waals surface area contributed by atoms with Crippen LogP contribution in [0.1, 0.15) is 30.5 Å². The number of carboxylic acid groups (broad SMARTS) is 2. The molecule has 1 aliphatic carbocycles. The topological polar surface area (TPSA) is 87.5 Å². The summed E-state index contributed by atoms with van der Waals surface area (Å²) in [6.07, 6.45) is 10.2. The van der Waals surface area contributed by atoms with E-state index >= 15 is 0 Å². The van der Waals surface area contributed by atoms with E-state index in [1.165, 1.54) is 36.1 Å². The molecule has 1 aliphatic rings. The first-order valence-electron chi connectivity index (χ1n) is 8.83. The van der Waals surface area contributed by atoms with E-state index in [1.807, 2.05) is 12.3 Å². The number of hydrogen-bond acceptors (Lipinski definition) is 3. The lowest BCUT2D eigenvalue weighted by atomic mass is 9.83. The average molecular weight is 365 g/mol. The molecule has 5 nitrogen and oxygen atoms in total. The fraction of sp³-hybridized carbons (Fsp3) is 0.227. The molecular weight excluding hydrogens is 342 g/mol. The maximum absolute atomic E-state index is 9.55. The summed E-state index contributed by atoms with van der Waals surface area (Å²) in [6, 6.07) is 17.0. The zero-order valence-corrected chi connectivity index (χ0v) is 15.0. The highest BCUT2D eigenvalue weighted by molar-refractivity contribution is 5.89. The smallest absolute Gasteiger partial charge is 0.328 e. The Balaban J connectivity index is 0.000000279. The van der Waals surface area contributed by atoms with Gasteiger partial charge in [-0.15, -0.1) is 0 Å². The van der Waals surface area contributed by atoms with Crippen molar-refractivity contribution in [1.82, 2.24) is 4.98 Å². The molecule has 0 bridgehead atoms. The second kappa shape index (κ2) is 10.7. The first-order chi connectivity index (χ1) is 13.0. The van der Waals surface area contributed by atoms with E-state index in [0.29, 0.717) is 12.2 Å². The summed E-state index contributed by atoms with van der Waals surface area (Å²) in [5.74, 6) is -1.78. The molecule has 1 unspecified atom stereocenters. The van der Waals surface area contributed by atoms with Crippen molar-refractivity contribution in [3.63, 3.8) is 0 Å². The molecule has 0 saturated heterocycles. The molecule has 1 aromatic heterocycles. The van der Waals surface area contributed by atoms with Crippen LogP contribution in [0.3, 0.4) is 0 Å². The van der Waals surface area contributed by atoms with Crippen LogP contribution in [0.4, 0.5) is 0 Å². The Morgan fingerprint density at radius 2 is 1.67 bits per heavy atom. The molecule has 1 aromatic carbocycles. The summed E-state index contributed by atoms with van der Waals surface area (Å²) in [6.45, 7) is 0. The molecular formula is C22H23NO4. The van der Waals surface area contributed by atoms with Gasteiger partial charge in [0.15, 0.2) is 0 Å². The predicted molar refractivity (Wildman–Crippen MR) is 104 cm³/mol. The minimum Gasteiger partial charge on any atom is -0.478 e. The summed E-state index contributed by atoms with van der Waals surface area (Å²) in [5, 5.41) is 15.6. The lowest BCUT2D eigenvalue weighted by molar-refractivity contribution is -0.134. The summed E-state index contributed by atoms with van der Waals surface area (Å²) < 4.78 is 0. The van der Waals surface area contributed by atoms with E-state index in [0.717, 1.165) is 12.3 Å². The second-order valence-electron chi connectivity index (χ2n) is 6.28. The molecule has 140 valence electrons. The van der Waals surface area contributed by atoms with E-state index in [1.54, 1.807) is 0 Å². The van der Waals surface area contributed by atoms with Crippen molar-refractivity contribution in [2.75, 3.05) is 0 Å². The summed E-state index contributed by atoms with van der Waals surface area (Å²) >= 11 is 0. The van der Waals surface area contributed by atoms with Gasteiger partial charge in [-0.05, 0) is 54.9 Å². The fourth-order valence-electron chi connectivity index (χ4n) is 3.01. The van der Waals surface area contributed by atoms with Crippen LogP contribution in [-0.2, 0) is 16.0 Å². The van der Waals surface area contributed by atoms with Crippen LogP contribution in [0.25, 0.3) is 5.57 Å². The van der Waals surface area contributed by atoms with E-state index in [9.17, 15) is 9.59 Å². The van der Waals surface area contributed by atoms with Crippen molar-refractivity contribution < 1.29 is 19.8 Å². The SMILES string of the molecule is C1=C(c2ccccc2)CC(Cc2ccccn2)CC1.O=C(O)/C=C\C(=O)O. The van der Waals surface area contributed by atoms with Gasteiger partial charge in [-0.1, -0.05) is 42.5 Å². The van der Waals surface area contributed by atoms with Crippen LogP contribution >= 0.6 is 0 Å². The Morgan fingerprint density at radius 3 is 2.26 bits per heavy atom. The summed E-state index contributed by atoms with van der Waals surface area (Å²) in [7, 11) is 0. The molecule has 3 rings (SSSR count). The van der Waals surface area contributed by atoms with Crippen molar-refractivity contribution in [2.45, 2.75) is 25.7 Å². The Bertz CT molecular complexity index is 782. The third-order valence-corrected chi connectivity index (χ3v) is 4.21. The van der Waals surface area contributed by atoms with Gasteiger partial charge in [-0.3, -0.25) is 4.98 Å². The molecule has 0 amide bonds. The maximum Gasteiger partial charge on any atom is 0.328 e. The lowest BCUT2D eigenvalue weighted by Gasteiger charge is -2.22. The second-order valence-corrected chi connectivity index (χ2v) is 6.28. The molecule has 0 fully saturated rings. The zero-order chi connectivity index (χ0) is 19.5. The van der Waals surface area contributed by atoms with Crippen LogP contribution in [0.15, 0.2) is 73.0 Å². The molecule has 2 aromatic rings. The molecule has 1 atom stereocenters. The molecule has 0 spiro atoms. The highest BCUT2D eigenvalue weighted by atomic mass is 16.4. The molecule has 27 heavy (non-hydrogen) atoms. The number of pyridine rings is 1. The zero-order valence-electron chi connectivity index (χ0n) is 15.0. The predicted octanol–water partition coefficient (Wildman–Crippen LogP) is 4.22.